The minimum Gasteiger partial charge on any atom is -0.465 e. The van der Waals surface area contributed by atoms with Crippen LogP contribution in [0.3, 0.4) is 0 Å². The lowest BCUT2D eigenvalue weighted by atomic mass is 10.2. The van der Waals surface area contributed by atoms with Crippen molar-refractivity contribution >= 4 is 11.8 Å². The third-order valence-electron chi connectivity index (χ3n) is 1.51. The van der Waals surface area contributed by atoms with Gasteiger partial charge in [0.25, 0.3) is 0 Å². The first kappa shape index (κ1) is 8.52. The van der Waals surface area contributed by atoms with Crippen molar-refractivity contribution in [3.05, 3.63) is 23.4 Å². The number of anilines is 1. The fourth-order valence-corrected chi connectivity index (χ4v) is 0.906. The Hall–Kier alpha value is -1.58. The van der Waals surface area contributed by atoms with Crippen molar-refractivity contribution in [2.75, 3.05) is 12.8 Å². The van der Waals surface area contributed by atoms with E-state index in [0.29, 0.717) is 17.1 Å². The molecule has 0 saturated carbocycles. The SMILES string of the molecule is COC(=O)c1ccc(N)nc1C. The van der Waals surface area contributed by atoms with Crippen LogP contribution in [-0.4, -0.2) is 18.1 Å². The summed E-state index contributed by atoms with van der Waals surface area (Å²) in [7, 11) is 1.33. The Morgan fingerprint density at radius 2 is 2.25 bits per heavy atom. The van der Waals surface area contributed by atoms with Gasteiger partial charge in [0.1, 0.15) is 5.82 Å². The molecular formula is C8H10N2O2. The Bertz CT molecular complexity index is 310. The first-order chi connectivity index (χ1) is 5.65. The van der Waals surface area contributed by atoms with Crippen LogP contribution >= 0.6 is 0 Å². The third-order valence-corrected chi connectivity index (χ3v) is 1.51. The second-order valence-electron chi connectivity index (χ2n) is 2.36. The van der Waals surface area contributed by atoms with E-state index in [2.05, 4.69) is 9.72 Å². The minimum atomic E-state index is -0.389. The number of nitrogens with two attached hydrogens (primary N) is 1. The average molecular weight is 166 g/mol. The monoisotopic (exact) mass is 166 g/mol. The van der Waals surface area contributed by atoms with E-state index >= 15 is 0 Å². The molecule has 0 aliphatic carbocycles. The van der Waals surface area contributed by atoms with Crippen molar-refractivity contribution in [2.24, 2.45) is 0 Å². The van der Waals surface area contributed by atoms with E-state index in [-0.39, 0.29) is 5.97 Å². The van der Waals surface area contributed by atoms with E-state index in [1.165, 1.54) is 7.11 Å². The van der Waals surface area contributed by atoms with Crippen molar-refractivity contribution < 1.29 is 9.53 Å². The first-order valence-electron chi connectivity index (χ1n) is 3.46. The Morgan fingerprint density at radius 1 is 1.58 bits per heavy atom. The standard InChI is InChI=1S/C8H10N2O2/c1-5-6(8(11)12-2)3-4-7(9)10-5/h3-4H,1-2H3,(H2,9,10). The topological polar surface area (TPSA) is 65.2 Å². The van der Waals surface area contributed by atoms with Gasteiger partial charge in [-0.1, -0.05) is 0 Å². The summed E-state index contributed by atoms with van der Waals surface area (Å²) in [5.74, 6) is 0.0140. The quantitative estimate of drug-likeness (QED) is 0.625. The van der Waals surface area contributed by atoms with Crippen molar-refractivity contribution in [3.63, 3.8) is 0 Å². The van der Waals surface area contributed by atoms with Gasteiger partial charge in [0.15, 0.2) is 0 Å². The van der Waals surface area contributed by atoms with Gasteiger partial charge in [-0.05, 0) is 19.1 Å². The molecule has 1 aromatic heterocycles. The number of aryl methyl sites for hydroxylation is 1. The molecule has 0 unspecified atom stereocenters. The largest absolute Gasteiger partial charge is 0.465 e. The van der Waals surface area contributed by atoms with Gasteiger partial charge in [-0.15, -0.1) is 0 Å². The first-order valence-corrected chi connectivity index (χ1v) is 3.46. The molecule has 64 valence electrons. The molecule has 0 aromatic carbocycles. The van der Waals surface area contributed by atoms with Gasteiger partial charge < -0.3 is 10.5 Å². The summed E-state index contributed by atoms with van der Waals surface area (Å²) in [6.07, 6.45) is 0. The lowest BCUT2D eigenvalue weighted by molar-refractivity contribution is 0.0599. The van der Waals surface area contributed by atoms with Crippen molar-refractivity contribution in [2.45, 2.75) is 6.92 Å². The van der Waals surface area contributed by atoms with Gasteiger partial charge >= 0.3 is 5.97 Å². The minimum absolute atomic E-state index is 0.389. The van der Waals surface area contributed by atoms with Crippen LogP contribution in [0.2, 0.25) is 0 Å². The van der Waals surface area contributed by atoms with Gasteiger partial charge in [-0.2, -0.15) is 0 Å². The molecule has 12 heavy (non-hydrogen) atoms. The van der Waals surface area contributed by atoms with E-state index in [9.17, 15) is 4.79 Å². The highest BCUT2D eigenvalue weighted by molar-refractivity contribution is 5.90. The van der Waals surface area contributed by atoms with Crippen LogP contribution in [0.25, 0.3) is 0 Å². The van der Waals surface area contributed by atoms with E-state index in [1.807, 2.05) is 0 Å². The highest BCUT2D eigenvalue weighted by Gasteiger charge is 2.08. The summed E-state index contributed by atoms with van der Waals surface area (Å²) < 4.78 is 4.54. The summed E-state index contributed by atoms with van der Waals surface area (Å²) in [6.45, 7) is 1.71. The molecule has 4 heteroatoms. The summed E-state index contributed by atoms with van der Waals surface area (Å²) in [4.78, 5) is 15.0. The molecule has 0 aliphatic rings. The molecule has 0 aliphatic heterocycles. The number of esters is 1. The lowest BCUT2D eigenvalue weighted by Crippen LogP contribution is -2.06. The van der Waals surface area contributed by atoms with Gasteiger partial charge in [0, 0.05) is 0 Å². The maximum Gasteiger partial charge on any atom is 0.339 e. The second kappa shape index (κ2) is 3.21. The zero-order valence-electron chi connectivity index (χ0n) is 7.00. The van der Waals surface area contributed by atoms with Crippen LogP contribution in [0.1, 0.15) is 16.1 Å². The number of aromatic nitrogens is 1. The van der Waals surface area contributed by atoms with E-state index in [0.717, 1.165) is 0 Å². The molecule has 0 spiro atoms. The van der Waals surface area contributed by atoms with Gasteiger partial charge in [-0.3, -0.25) is 0 Å². The van der Waals surface area contributed by atoms with Crippen molar-refractivity contribution in [1.82, 2.24) is 4.98 Å². The predicted molar refractivity (Wildman–Crippen MR) is 44.7 cm³/mol. The molecule has 0 atom stereocenters. The van der Waals surface area contributed by atoms with Gasteiger partial charge in [0.2, 0.25) is 0 Å². The molecule has 2 N–H and O–H groups in total. The molecule has 1 rings (SSSR count). The van der Waals surface area contributed by atoms with E-state index in [1.54, 1.807) is 19.1 Å². The van der Waals surface area contributed by atoms with E-state index < -0.39 is 0 Å². The van der Waals surface area contributed by atoms with Crippen molar-refractivity contribution in [3.8, 4) is 0 Å². The number of methoxy groups -OCH3 is 1. The number of pyridine rings is 1. The third kappa shape index (κ3) is 1.53. The van der Waals surface area contributed by atoms with Crippen LogP contribution in [0.4, 0.5) is 5.82 Å². The molecule has 0 saturated heterocycles. The van der Waals surface area contributed by atoms with Crippen LogP contribution in [-0.2, 0) is 4.74 Å². The van der Waals surface area contributed by atoms with Crippen LogP contribution in [0.15, 0.2) is 12.1 Å². The summed E-state index contributed by atoms with van der Waals surface area (Å²) in [5.41, 5.74) is 6.44. The molecule has 1 heterocycles. The molecule has 0 fully saturated rings. The fraction of sp³-hybridized carbons (Fsp3) is 0.250. The molecule has 0 radical (unpaired) electrons. The molecule has 4 nitrogen and oxygen atoms in total. The Labute approximate surface area is 70.4 Å². The van der Waals surface area contributed by atoms with Gasteiger partial charge in [-0.25, -0.2) is 9.78 Å². The lowest BCUT2D eigenvalue weighted by Gasteiger charge is -2.02. The average Bonchev–Trinajstić information content (AvgIpc) is 2.03. The number of hydrogen-bond donors (Lipinski definition) is 1. The number of hydrogen-bond acceptors (Lipinski definition) is 4. The molecular weight excluding hydrogens is 156 g/mol. The summed E-state index contributed by atoms with van der Waals surface area (Å²) >= 11 is 0. The maximum atomic E-state index is 11.0. The smallest absolute Gasteiger partial charge is 0.339 e. The Balaban J connectivity index is 3.09. The zero-order valence-corrected chi connectivity index (χ0v) is 7.00. The van der Waals surface area contributed by atoms with Crippen LogP contribution < -0.4 is 5.73 Å². The highest BCUT2D eigenvalue weighted by atomic mass is 16.5. The van der Waals surface area contributed by atoms with Crippen LogP contribution in [0.5, 0.6) is 0 Å². The predicted octanol–water partition coefficient (Wildman–Crippen LogP) is 0.759. The normalized spacial score (nSPS) is 9.50. The van der Waals surface area contributed by atoms with E-state index in [4.69, 9.17) is 5.73 Å². The summed E-state index contributed by atoms with van der Waals surface area (Å²) in [6, 6.07) is 3.17. The number of rotatable bonds is 1. The number of carbonyl (C=O) groups excluding carboxylic acids is 1. The second-order valence-corrected chi connectivity index (χ2v) is 2.36. The van der Waals surface area contributed by atoms with Gasteiger partial charge in [0.05, 0.1) is 18.4 Å². The number of ether oxygens (including phenoxy) is 1. The number of nitrogens with zero attached hydrogens (tertiary/aromatic N) is 1. The number of carbonyl (C=O) groups is 1. The molecule has 0 amide bonds. The fourth-order valence-electron chi connectivity index (χ4n) is 0.906. The molecule has 0 bridgehead atoms. The zero-order chi connectivity index (χ0) is 9.14. The summed E-state index contributed by atoms with van der Waals surface area (Å²) in [5, 5.41) is 0. The van der Waals surface area contributed by atoms with Crippen molar-refractivity contribution in [1.29, 1.82) is 0 Å². The van der Waals surface area contributed by atoms with Crippen LogP contribution in [0, 0.1) is 6.92 Å². The Kier molecular flexibility index (Phi) is 2.28. The Morgan fingerprint density at radius 3 is 2.75 bits per heavy atom. The maximum absolute atomic E-state index is 11.0. The highest BCUT2D eigenvalue weighted by Crippen LogP contribution is 2.08. The molecule has 1 aromatic rings. The number of nitrogen functional groups attached to an aromatic ring is 1.